The molecule has 1 aromatic carbocycles. The maximum Gasteiger partial charge on any atom is 0.241 e. The summed E-state index contributed by atoms with van der Waals surface area (Å²) >= 11 is 1.63. The number of carbonyl (C=O) groups excluding carboxylic acids is 3. The monoisotopic (exact) mass is 348 g/mol. The zero-order valence-corrected chi connectivity index (χ0v) is 15.0. The van der Waals surface area contributed by atoms with Gasteiger partial charge in [-0.2, -0.15) is 11.8 Å². The van der Waals surface area contributed by atoms with Crippen molar-refractivity contribution in [1.82, 2.24) is 4.90 Å². The maximum absolute atomic E-state index is 12.6. The molecule has 0 aromatic heterocycles. The molecular weight excluding hydrogens is 324 g/mol. The first kappa shape index (κ1) is 18.5. The van der Waals surface area contributed by atoms with Crippen LogP contribution in [0.2, 0.25) is 0 Å². The standard InChI is InChI=1S/C18H24N2O3S/c1-18(2,10-15(21)13-6-4-3-5-7-13)11-16(22)20-8-9-24-12-14(20)17(19)23/h3-7,14H,8-12H2,1-2H3,(H2,19,23)/t14-/m0/s1. The van der Waals surface area contributed by atoms with Gasteiger partial charge in [0.2, 0.25) is 11.8 Å². The molecule has 1 aromatic rings. The molecule has 0 saturated carbocycles. The number of hydrogen-bond acceptors (Lipinski definition) is 4. The van der Waals surface area contributed by atoms with Crippen LogP contribution in [0.1, 0.15) is 37.0 Å². The van der Waals surface area contributed by atoms with Crippen molar-refractivity contribution in [3.63, 3.8) is 0 Å². The van der Waals surface area contributed by atoms with Crippen LogP contribution < -0.4 is 5.73 Å². The Hall–Kier alpha value is -1.82. The van der Waals surface area contributed by atoms with Gasteiger partial charge in [0.1, 0.15) is 6.04 Å². The summed E-state index contributed by atoms with van der Waals surface area (Å²) in [6.07, 6.45) is 0.507. The van der Waals surface area contributed by atoms with Gasteiger partial charge in [-0.1, -0.05) is 44.2 Å². The second-order valence-electron chi connectivity index (χ2n) is 6.89. The van der Waals surface area contributed by atoms with Gasteiger partial charge in [-0.15, -0.1) is 0 Å². The number of carbonyl (C=O) groups is 3. The van der Waals surface area contributed by atoms with Crippen LogP contribution >= 0.6 is 11.8 Å². The second kappa shape index (κ2) is 7.83. The summed E-state index contributed by atoms with van der Waals surface area (Å²) in [5, 5.41) is 0. The van der Waals surface area contributed by atoms with E-state index in [4.69, 9.17) is 5.73 Å². The number of thioether (sulfide) groups is 1. The van der Waals surface area contributed by atoms with Gasteiger partial charge in [0.25, 0.3) is 0 Å². The maximum atomic E-state index is 12.6. The van der Waals surface area contributed by atoms with E-state index in [0.29, 0.717) is 17.9 Å². The lowest BCUT2D eigenvalue weighted by atomic mass is 9.82. The number of hydrogen-bond donors (Lipinski definition) is 1. The normalized spacial score (nSPS) is 18.2. The van der Waals surface area contributed by atoms with Crippen LogP contribution in [0.3, 0.4) is 0 Å². The number of amides is 2. The van der Waals surface area contributed by atoms with Gasteiger partial charge in [0.05, 0.1) is 0 Å². The van der Waals surface area contributed by atoms with Crippen molar-refractivity contribution in [3.05, 3.63) is 35.9 Å². The first-order valence-corrected chi connectivity index (χ1v) is 9.20. The van der Waals surface area contributed by atoms with E-state index < -0.39 is 17.4 Å². The van der Waals surface area contributed by atoms with E-state index in [1.165, 1.54) is 0 Å². The minimum Gasteiger partial charge on any atom is -0.368 e. The first-order chi connectivity index (χ1) is 11.3. The third-order valence-corrected chi connectivity index (χ3v) is 5.16. The fourth-order valence-electron chi connectivity index (χ4n) is 2.87. The summed E-state index contributed by atoms with van der Waals surface area (Å²) < 4.78 is 0. The van der Waals surface area contributed by atoms with Crippen molar-refractivity contribution < 1.29 is 14.4 Å². The molecule has 24 heavy (non-hydrogen) atoms. The average molecular weight is 348 g/mol. The minimum absolute atomic E-state index is 0.0223. The zero-order chi connectivity index (χ0) is 17.7. The molecule has 1 aliphatic rings. The van der Waals surface area contributed by atoms with Gasteiger partial charge in [-0.05, 0) is 5.41 Å². The van der Waals surface area contributed by atoms with Crippen LogP contribution in [-0.2, 0) is 9.59 Å². The highest BCUT2D eigenvalue weighted by Gasteiger charge is 2.34. The molecule has 0 bridgehead atoms. The molecule has 130 valence electrons. The van der Waals surface area contributed by atoms with Crippen LogP contribution in [0, 0.1) is 5.41 Å². The molecule has 1 aliphatic heterocycles. The molecule has 1 atom stereocenters. The largest absolute Gasteiger partial charge is 0.368 e. The highest BCUT2D eigenvalue weighted by Crippen LogP contribution is 2.29. The van der Waals surface area contributed by atoms with Crippen LogP contribution in [0.25, 0.3) is 0 Å². The van der Waals surface area contributed by atoms with Crippen molar-refractivity contribution >= 4 is 29.4 Å². The van der Waals surface area contributed by atoms with Crippen LogP contribution in [0.5, 0.6) is 0 Å². The highest BCUT2D eigenvalue weighted by molar-refractivity contribution is 7.99. The predicted octanol–water partition coefficient (Wildman–Crippen LogP) is 2.10. The Morgan fingerprint density at radius 2 is 1.88 bits per heavy atom. The summed E-state index contributed by atoms with van der Waals surface area (Å²) in [5.41, 5.74) is 5.60. The van der Waals surface area contributed by atoms with E-state index in [1.54, 1.807) is 28.8 Å². The van der Waals surface area contributed by atoms with Crippen molar-refractivity contribution in [2.24, 2.45) is 11.1 Å². The Kier molecular flexibility index (Phi) is 6.04. The summed E-state index contributed by atoms with van der Waals surface area (Å²) in [7, 11) is 0. The van der Waals surface area contributed by atoms with Crippen molar-refractivity contribution in [2.45, 2.75) is 32.7 Å². The third-order valence-electron chi connectivity index (χ3n) is 4.14. The lowest BCUT2D eigenvalue weighted by Crippen LogP contribution is -2.53. The number of nitrogens with zero attached hydrogens (tertiary/aromatic N) is 1. The van der Waals surface area contributed by atoms with E-state index in [1.807, 2.05) is 32.0 Å². The smallest absolute Gasteiger partial charge is 0.241 e. The number of benzene rings is 1. The lowest BCUT2D eigenvalue weighted by Gasteiger charge is -2.35. The molecule has 1 heterocycles. The Morgan fingerprint density at radius 3 is 2.50 bits per heavy atom. The van der Waals surface area contributed by atoms with E-state index >= 15 is 0 Å². The van der Waals surface area contributed by atoms with Crippen molar-refractivity contribution in [1.29, 1.82) is 0 Å². The molecule has 0 radical (unpaired) electrons. The minimum atomic E-state index is -0.545. The predicted molar refractivity (Wildman–Crippen MR) is 95.8 cm³/mol. The lowest BCUT2D eigenvalue weighted by molar-refractivity contribution is -0.140. The fourth-order valence-corrected chi connectivity index (χ4v) is 3.93. The Morgan fingerprint density at radius 1 is 1.21 bits per heavy atom. The SMILES string of the molecule is CC(C)(CC(=O)c1ccccc1)CC(=O)N1CCSC[C@H]1C(N)=O. The molecule has 0 unspecified atom stereocenters. The zero-order valence-electron chi connectivity index (χ0n) is 14.2. The molecule has 1 fully saturated rings. The molecular formula is C18H24N2O3S. The first-order valence-electron chi connectivity index (χ1n) is 8.05. The second-order valence-corrected chi connectivity index (χ2v) is 8.04. The van der Waals surface area contributed by atoms with Crippen LogP contribution in [-0.4, -0.2) is 46.6 Å². The van der Waals surface area contributed by atoms with Crippen molar-refractivity contribution in [2.75, 3.05) is 18.1 Å². The van der Waals surface area contributed by atoms with E-state index in [0.717, 1.165) is 5.75 Å². The summed E-state index contributed by atoms with van der Waals surface area (Å²) in [5.74, 6) is 0.802. The van der Waals surface area contributed by atoms with Crippen LogP contribution in [0.15, 0.2) is 30.3 Å². The quantitative estimate of drug-likeness (QED) is 0.799. The molecule has 6 heteroatoms. The van der Waals surface area contributed by atoms with E-state index in [-0.39, 0.29) is 24.5 Å². The number of Topliss-reactive ketones (excluding diaryl/α,β-unsaturated/α-hetero) is 1. The van der Waals surface area contributed by atoms with Crippen LogP contribution in [0.4, 0.5) is 0 Å². The highest BCUT2D eigenvalue weighted by atomic mass is 32.2. The van der Waals surface area contributed by atoms with E-state index in [9.17, 15) is 14.4 Å². The number of primary amides is 1. The number of ketones is 1. The van der Waals surface area contributed by atoms with Gasteiger partial charge in [0, 0.05) is 36.5 Å². The molecule has 5 nitrogen and oxygen atoms in total. The summed E-state index contributed by atoms with van der Waals surface area (Å²) in [6.45, 7) is 4.34. The molecule has 2 amide bonds. The molecule has 2 rings (SSSR count). The summed E-state index contributed by atoms with van der Waals surface area (Å²) in [6, 6.07) is 8.54. The molecule has 0 aliphatic carbocycles. The van der Waals surface area contributed by atoms with Gasteiger partial charge < -0.3 is 10.6 Å². The topological polar surface area (TPSA) is 80.5 Å². The Labute approximate surface area is 147 Å². The Balaban J connectivity index is 2.01. The summed E-state index contributed by atoms with van der Waals surface area (Å²) in [4.78, 5) is 38.2. The van der Waals surface area contributed by atoms with Crippen molar-refractivity contribution in [3.8, 4) is 0 Å². The fraction of sp³-hybridized carbons (Fsp3) is 0.500. The number of rotatable bonds is 6. The van der Waals surface area contributed by atoms with Gasteiger partial charge in [0.15, 0.2) is 5.78 Å². The molecule has 0 spiro atoms. The van der Waals surface area contributed by atoms with E-state index in [2.05, 4.69) is 0 Å². The third kappa shape index (κ3) is 4.84. The molecule has 1 saturated heterocycles. The molecule has 2 N–H and O–H groups in total. The average Bonchev–Trinajstić information content (AvgIpc) is 2.54. The van der Waals surface area contributed by atoms with Gasteiger partial charge in [-0.3, -0.25) is 14.4 Å². The van der Waals surface area contributed by atoms with Gasteiger partial charge in [-0.25, -0.2) is 0 Å². The number of nitrogens with two attached hydrogens (primary N) is 1. The van der Waals surface area contributed by atoms with Gasteiger partial charge >= 0.3 is 0 Å². The Bertz CT molecular complexity index is 616.